The molecule has 0 aliphatic heterocycles. The van der Waals surface area contributed by atoms with Crippen LogP contribution in [-0.4, -0.2) is 18.4 Å². The van der Waals surface area contributed by atoms with Crippen LogP contribution in [0.15, 0.2) is 48.5 Å². The number of hydrogen-bond donors (Lipinski definition) is 3. The second-order valence-electron chi connectivity index (χ2n) is 4.69. The summed E-state index contributed by atoms with van der Waals surface area (Å²) >= 11 is 0. The van der Waals surface area contributed by atoms with Crippen molar-refractivity contribution in [3.8, 4) is 5.75 Å². The third kappa shape index (κ3) is 4.24. The maximum Gasteiger partial charge on any atom is 0.276 e. The number of amides is 2. The van der Waals surface area contributed by atoms with Crippen molar-refractivity contribution in [2.24, 2.45) is 0 Å². The molecule has 6 heteroatoms. The molecule has 0 heterocycles. The predicted octanol–water partition coefficient (Wildman–Crippen LogP) is 1.42. The Morgan fingerprint density at radius 2 is 1.73 bits per heavy atom. The zero-order valence-corrected chi connectivity index (χ0v) is 12.1. The Hall–Kier alpha value is -3.02. The summed E-state index contributed by atoms with van der Waals surface area (Å²) in [6, 6.07) is 13.9. The highest BCUT2D eigenvalue weighted by atomic mass is 16.5. The minimum absolute atomic E-state index is 0.201. The Morgan fingerprint density at radius 1 is 1.05 bits per heavy atom. The lowest BCUT2D eigenvalue weighted by Crippen LogP contribution is -2.44. The van der Waals surface area contributed by atoms with Gasteiger partial charge in [0.1, 0.15) is 5.75 Å². The van der Waals surface area contributed by atoms with Gasteiger partial charge in [-0.25, -0.2) is 0 Å². The highest BCUT2D eigenvalue weighted by Gasteiger charge is 2.10. The van der Waals surface area contributed by atoms with Crippen molar-refractivity contribution in [2.75, 3.05) is 12.3 Å². The Balaban J connectivity index is 1.79. The lowest BCUT2D eigenvalue weighted by molar-refractivity contribution is -0.123. The summed E-state index contributed by atoms with van der Waals surface area (Å²) < 4.78 is 5.30. The van der Waals surface area contributed by atoms with Gasteiger partial charge in [0.2, 0.25) is 0 Å². The van der Waals surface area contributed by atoms with E-state index in [1.165, 1.54) is 0 Å². The number of rotatable bonds is 4. The molecule has 0 fully saturated rings. The van der Waals surface area contributed by atoms with Crippen molar-refractivity contribution in [1.29, 1.82) is 0 Å². The van der Waals surface area contributed by atoms with E-state index in [2.05, 4.69) is 10.9 Å². The zero-order chi connectivity index (χ0) is 15.9. The molecule has 114 valence electrons. The fourth-order valence-corrected chi connectivity index (χ4v) is 1.72. The highest BCUT2D eigenvalue weighted by molar-refractivity contribution is 5.99. The van der Waals surface area contributed by atoms with Gasteiger partial charge in [0.25, 0.3) is 11.8 Å². The number of carbonyl (C=O) groups is 2. The third-order valence-electron chi connectivity index (χ3n) is 2.91. The lowest BCUT2D eigenvalue weighted by atomic mass is 10.2. The largest absolute Gasteiger partial charge is 0.484 e. The molecule has 0 spiro atoms. The summed E-state index contributed by atoms with van der Waals surface area (Å²) in [5.41, 5.74) is 12.0. The first-order chi connectivity index (χ1) is 10.6. The zero-order valence-electron chi connectivity index (χ0n) is 12.1. The second kappa shape index (κ2) is 7.12. The number of hydrogen-bond acceptors (Lipinski definition) is 4. The molecule has 0 unspecified atom stereocenters. The average Bonchev–Trinajstić information content (AvgIpc) is 2.52. The standard InChI is InChI=1S/C16H17N3O3/c1-11-6-8-12(9-7-11)22-10-15(20)18-19-16(21)13-4-2-3-5-14(13)17/h2-9H,10,17H2,1H3,(H,18,20)(H,19,21). The molecule has 4 N–H and O–H groups in total. The molecule has 22 heavy (non-hydrogen) atoms. The van der Waals surface area contributed by atoms with Crippen LogP contribution in [-0.2, 0) is 4.79 Å². The van der Waals surface area contributed by atoms with E-state index in [1.807, 2.05) is 19.1 Å². The van der Waals surface area contributed by atoms with Gasteiger partial charge in [0, 0.05) is 5.69 Å². The molecule has 0 atom stereocenters. The molecule has 0 aromatic heterocycles. The fourth-order valence-electron chi connectivity index (χ4n) is 1.72. The van der Waals surface area contributed by atoms with Crippen molar-refractivity contribution in [3.05, 3.63) is 59.7 Å². The van der Waals surface area contributed by atoms with E-state index in [9.17, 15) is 9.59 Å². The normalized spacial score (nSPS) is 9.86. The molecule has 2 aromatic rings. The van der Waals surface area contributed by atoms with Crippen LogP contribution in [0.3, 0.4) is 0 Å². The van der Waals surface area contributed by atoms with Crippen LogP contribution in [0.2, 0.25) is 0 Å². The number of hydrazine groups is 1. The van der Waals surface area contributed by atoms with Gasteiger partial charge in [-0.1, -0.05) is 29.8 Å². The summed E-state index contributed by atoms with van der Waals surface area (Å²) in [7, 11) is 0. The monoisotopic (exact) mass is 299 g/mol. The molecule has 2 aromatic carbocycles. The number of nitrogen functional groups attached to an aromatic ring is 1. The fraction of sp³-hybridized carbons (Fsp3) is 0.125. The van der Waals surface area contributed by atoms with Gasteiger partial charge in [-0.15, -0.1) is 0 Å². The van der Waals surface area contributed by atoms with Gasteiger partial charge >= 0.3 is 0 Å². The van der Waals surface area contributed by atoms with Crippen LogP contribution >= 0.6 is 0 Å². The number of ether oxygens (including phenoxy) is 1. The third-order valence-corrected chi connectivity index (χ3v) is 2.91. The minimum Gasteiger partial charge on any atom is -0.484 e. The van der Waals surface area contributed by atoms with E-state index in [1.54, 1.807) is 36.4 Å². The molecule has 2 amide bonds. The minimum atomic E-state index is -0.484. The molecule has 0 aliphatic rings. The Kier molecular flexibility index (Phi) is 4.98. The van der Waals surface area contributed by atoms with Crippen molar-refractivity contribution < 1.29 is 14.3 Å². The maximum absolute atomic E-state index is 11.8. The van der Waals surface area contributed by atoms with Crippen molar-refractivity contribution >= 4 is 17.5 Å². The summed E-state index contributed by atoms with van der Waals surface area (Å²) in [6.07, 6.45) is 0. The van der Waals surface area contributed by atoms with Gasteiger partial charge in [-0.05, 0) is 31.2 Å². The van der Waals surface area contributed by atoms with Gasteiger partial charge in [0.05, 0.1) is 5.56 Å². The molecule has 0 aliphatic carbocycles. The van der Waals surface area contributed by atoms with E-state index < -0.39 is 11.8 Å². The number of nitrogens with two attached hydrogens (primary N) is 1. The van der Waals surface area contributed by atoms with Crippen LogP contribution in [0, 0.1) is 6.92 Å². The molecule has 2 rings (SSSR count). The van der Waals surface area contributed by atoms with Crippen molar-refractivity contribution in [2.45, 2.75) is 6.92 Å². The summed E-state index contributed by atoms with van der Waals surface area (Å²) in [5, 5.41) is 0. The van der Waals surface area contributed by atoms with Crippen LogP contribution in [0.1, 0.15) is 15.9 Å². The lowest BCUT2D eigenvalue weighted by Gasteiger charge is -2.10. The molecule has 0 saturated heterocycles. The van der Waals surface area contributed by atoms with Crippen LogP contribution in [0.25, 0.3) is 0 Å². The molecular formula is C16H17N3O3. The van der Waals surface area contributed by atoms with E-state index >= 15 is 0 Å². The number of carbonyl (C=O) groups excluding carboxylic acids is 2. The summed E-state index contributed by atoms with van der Waals surface area (Å²) in [4.78, 5) is 23.5. The Labute approximate surface area is 128 Å². The van der Waals surface area contributed by atoms with Gasteiger partial charge in [-0.2, -0.15) is 0 Å². The summed E-state index contributed by atoms with van der Waals surface area (Å²) in [6.45, 7) is 1.76. The predicted molar refractivity (Wildman–Crippen MR) is 83.1 cm³/mol. The van der Waals surface area contributed by atoms with Crippen LogP contribution in [0.4, 0.5) is 5.69 Å². The van der Waals surface area contributed by atoms with Crippen LogP contribution < -0.4 is 21.3 Å². The highest BCUT2D eigenvalue weighted by Crippen LogP contribution is 2.11. The molecular weight excluding hydrogens is 282 g/mol. The first-order valence-corrected chi connectivity index (χ1v) is 6.69. The van der Waals surface area contributed by atoms with Crippen molar-refractivity contribution in [3.63, 3.8) is 0 Å². The number of anilines is 1. The van der Waals surface area contributed by atoms with E-state index in [-0.39, 0.29) is 6.61 Å². The Bertz CT molecular complexity index is 669. The number of aryl methyl sites for hydroxylation is 1. The second-order valence-corrected chi connectivity index (χ2v) is 4.69. The smallest absolute Gasteiger partial charge is 0.276 e. The Morgan fingerprint density at radius 3 is 2.41 bits per heavy atom. The number of nitrogens with one attached hydrogen (secondary N) is 2. The number of para-hydroxylation sites is 1. The van der Waals surface area contributed by atoms with Gasteiger partial charge in [0.15, 0.2) is 6.61 Å². The van der Waals surface area contributed by atoms with Gasteiger partial charge in [-0.3, -0.25) is 20.4 Å². The van der Waals surface area contributed by atoms with Gasteiger partial charge < -0.3 is 10.5 Å². The number of benzene rings is 2. The first kappa shape index (κ1) is 15.4. The van der Waals surface area contributed by atoms with Crippen molar-refractivity contribution in [1.82, 2.24) is 10.9 Å². The maximum atomic E-state index is 11.8. The SMILES string of the molecule is Cc1ccc(OCC(=O)NNC(=O)c2ccccc2N)cc1. The summed E-state index contributed by atoms with van der Waals surface area (Å²) in [5.74, 6) is -0.371. The van der Waals surface area contributed by atoms with E-state index in [4.69, 9.17) is 10.5 Å². The van der Waals surface area contributed by atoms with E-state index in [0.29, 0.717) is 17.0 Å². The molecule has 0 radical (unpaired) electrons. The first-order valence-electron chi connectivity index (χ1n) is 6.69. The molecule has 0 bridgehead atoms. The quantitative estimate of drug-likeness (QED) is 0.588. The van der Waals surface area contributed by atoms with Crippen LogP contribution in [0.5, 0.6) is 5.75 Å². The molecule has 0 saturated carbocycles. The average molecular weight is 299 g/mol. The topological polar surface area (TPSA) is 93.5 Å². The van der Waals surface area contributed by atoms with E-state index in [0.717, 1.165) is 5.56 Å². The molecule has 6 nitrogen and oxygen atoms in total.